The molecule has 1 aromatic rings. The van der Waals surface area contributed by atoms with E-state index in [0.717, 1.165) is 32.4 Å². The highest BCUT2D eigenvalue weighted by atomic mass is 16.1. The molecule has 1 amide bonds. The molecule has 1 saturated heterocycles. The highest BCUT2D eigenvalue weighted by molar-refractivity contribution is 5.76. The quantitative estimate of drug-likeness (QED) is 0.856. The third-order valence-electron chi connectivity index (χ3n) is 4.68. The summed E-state index contributed by atoms with van der Waals surface area (Å²) in [5.41, 5.74) is 0. The lowest BCUT2D eigenvalue weighted by Gasteiger charge is -2.22. The predicted molar refractivity (Wildman–Crippen MR) is 77.3 cm³/mol. The Labute approximate surface area is 120 Å². The van der Waals surface area contributed by atoms with Gasteiger partial charge in [-0.2, -0.15) is 0 Å². The molecule has 2 fully saturated rings. The van der Waals surface area contributed by atoms with Crippen LogP contribution in [0.4, 0.5) is 0 Å². The maximum absolute atomic E-state index is 12.1. The minimum absolute atomic E-state index is 0.217. The Balaban J connectivity index is 1.47. The molecule has 1 aliphatic heterocycles. The fourth-order valence-electron chi connectivity index (χ4n) is 3.51. The third-order valence-corrected chi connectivity index (χ3v) is 4.68. The van der Waals surface area contributed by atoms with Crippen LogP contribution in [0.2, 0.25) is 0 Å². The molecule has 1 saturated carbocycles. The first-order valence-electron chi connectivity index (χ1n) is 7.80. The van der Waals surface area contributed by atoms with Crippen LogP contribution in [-0.4, -0.2) is 34.6 Å². The molecule has 20 heavy (non-hydrogen) atoms. The summed E-state index contributed by atoms with van der Waals surface area (Å²) < 4.78 is 2.14. The van der Waals surface area contributed by atoms with Gasteiger partial charge in [-0.15, -0.1) is 0 Å². The van der Waals surface area contributed by atoms with Crippen LogP contribution in [0.15, 0.2) is 18.7 Å². The van der Waals surface area contributed by atoms with Gasteiger partial charge in [-0.05, 0) is 51.1 Å². The van der Waals surface area contributed by atoms with Gasteiger partial charge in [0, 0.05) is 24.9 Å². The Kier molecular flexibility index (Phi) is 4.35. The van der Waals surface area contributed by atoms with Crippen molar-refractivity contribution in [1.29, 1.82) is 0 Å². The van der Waals surface area contributed by atoms with Gasteiger partial charge in [-0.3, -0.25) is 4.79 Å². The summed E-state index contributed by atoms with van der Waals surface area (Å²) in [5.74, 6) is 0.905. The monoisotopic (exact) mass is 276 g/mol. The molecule has 3 atom stereocenters. The summed E-state index contributed by atoms with van der Waals surface area (Å²) in [7, 11) is 0. The summed E-state index contributed by atoms with van der Waals surface area (Å²) in [6.07, 6.45) is 12.0. The largest absolute Gasteiger partial charge is 0.351 e. The molecule has 5 heteroatoms. The van der Waals surface area contributed by atoms with Crippen molar-refractivity contribution >= 4 is 5.91 Å². The van der Waals surface area contributed by atoms with Crippen molar-refractivity contribution < 1.29 is 4.79 Å². The molecular formula is C15H24N4O. The number of rotatable bonds is 5. The molecular weight excluding hydrogens is 252 g/mol. The lowest BCUT2D eigenvalue weighted by Crippen LogP contribution is -2.38. The lowest BCUT2D eigenvalue weighted by atomic mass is 10.0. The Morgan fingerprint density at radius 1 is 1.40 bits per heavy atom. The number of nitrogens with one attached hydrogen (secondary N) is 2. The zero-order valence-electron chi connectivity index (χ0n) is 11.9. The molecule has 2 heterocycles. The van der Waals surface area contributed by atoms with Crippen LogP contribution in [0.1, 0.15) is 44.6 Å². The maximum Gasteiger partial charge on any atom is 0.220 e. The average molecular weight is 276 g/mol. The van der Waals surface area contributed by atoms with Crippen LogP contribution in [0.5, 0.6) is 0 Å². The molecule has 2 N–H and O–H groups in total. The number of aromatic nitrogens is 2. The van der Waals surface area contributed by atoms with E-state index in [2.05, 4.69) is 20.2 Å². The Morgan fingerprint density at radius 3 is 3.10 bits per heavy atom. The summed E-state index contributed by atoms with van der Waals surface area (Å²) >= 11 is 0. The van der Waals surface area contributed by atoms with Crippen molar-refractivity contribution in [2.75, 3.05) is 13.1 Å². The summed E-state index contributed by atoms with van der Waals surface area (Å²) in [5, 5.41) is 6.59. The number of imidazole rings is 1. The number of hydrogen-bond donors (Lipinski definition) is 2. The topological polar surface area (TPSA) is 59.0 Å². The van der Waals surface area contributed by atoms with Crippen molar-refractivity contribution in [2.45, 2.75) is 50.6 Å². The summed E-state index contributed by atoms with van der Waals surface area (Å²) in [6, 6.07) is 0.660. The average Bonchev–Trinajstić information content (AvgIpc) is 3.18. The summed E-state index contributed by atoms with van der Waals surface area (Å²) in [4.78, 5) is 16.2. The molecule has 3 rings (SSSR count). The molecule has 0 radical (unpaired) electrons. The van der Waals surface area contributed by atoms with Gasteiger partial charge in [0.25, 0.3) is 0 Å². The van der Waals surface area contributed by atoms with Crippen LogP contribution >= 0.6 is 0 Å². The van der Waals surface area contributed by atoms with E-state index in [-0.39, 0.29) is 11.9 Å². The van der Waals surface area contributed by atoms with Gasteiger partial charge in [-0.1, -0.05) is 0 Å². The van der Waals surface area contributed by atoms with Crippen molar-refractivity contribution in [2.24, 2.45) is 5.92 Å². The molecule has 1 aliphatic carbocycles. The Morgan fingerprint density at radius 2 is 2.35 bits per heavy atom. The Hall–Kier alpha value is -1.36. The van der Waals surface area contributed by atoms with E-state index in [1.165, 1.54) is 12.8 Å². The van der Waals surface area contributed by atoms with Gasteiger partial charge >= 0.3 is 0 Å². The van der Waals surface area contributed by atoms with E-state index < -0.39 is 0 Å². The molecule has 2 aliphatic rings. The zero-order chi connectivity index (χ0) is 13.8. The van der Waals surface area contributed by atoms with Crippen molar-refractivity contribution in [3.8, 4) is 0 Å². The van der Waals surface area contributed by atoms with Crippen LogP contribution in [-0.2, 0) is 4.79 Å². The maximum atomic E-state index is 12.1. The Bertz CT molecular complexity index is 425. The number of hydrogen-bond acceptors (Lipinski definition) is 3. The van der Waals surface area contributed by atoms with E-state index in [1.807, 2.05) is 18.7 Å². The van der Waals surface area contributed by atoms with Crippen molar-refractivity contribution in [1.82, 2.24) is 20.2 Å². The lowest BCUT2D eigenvalue weighted by molar-refractivity contribution is -0.122. The van der Waals surface area contributed by atoms with Gasteiger partial charge in [0.2, 0.25) is 5.91 Å². The fourth-order valence-corrected chi connectivity index (χ4v) is 3.51. The van der Waals surface area contributed by atoms with E-state index in [1.54, 1.807) is 0 Å². The summed E-state index contributed by atoms with van der Waals surface area (Å²) in [6.45, 7) is 2.19. The van der Waals surface area contributed by atoms with Crippen molar-refractivity contribution in [3.63, 3.8) is 0 Å². The van der Waals surface area contributed by atoms with Gasteiger partial charge in [0.05, 0.1) is 12.4 Å². The van der Waals surface area contributed by atoms with E-state index in [9.17, 15) is 4.79 Å². The van der Waals surface area contributed by atoms with Gasteiger partial charge in [0.15, 0.2) is 0 Å². The van der Waals surface area contributed by atoms with Gasteiger partial charge < -0.3 is 15.2 Å². The molecule has 1 aromatic heterocycles. The second-order valence-corrected chi connectivity index (χ2v) is 6.08. The third kappa shape index (κ3) is 3.20. The van der Waals surface area contributed by atoms with E-state index in [4.69, 9.17) is 0 Å². The zero-order valence-corrected chi connectivity index (χ0v) is 11.9. The number of carbonyl (C=O) groups is 1. The van der Waals surface area contributed by atoms with Crippen LogP contribution in [0, 0.1) is 5.92 Å². The second-order valence-electron chi connectivity index (χ2n) is 6.08. The first-order valence-corrected chi connectivity index (χ1v) is 7.80. The molecule has 5 nitrogen and oxygen atoms in total. The molecule has 110 valence electrons. The minimum Gasteiger partial charge on any atom is -0.351 e. The number of nitrogens with zero attached hydrogens (tertiary/aromatic N) is 2. The highest BCUT2D eigenvalue weighted by Gasteiger charge is 2.29. The van der Waals surface area contributed by atoms with E-state index >= 15 is 0 Å². The fraction of sp³-hybridized carbons (Fsp3) is 0.733. The normalized spacial score (nSPS) is 29.7. The van der Waals surface area contributed by atoms with Crippen LogP contribution in [0.3, 0.4) is 0 Å². The second kappa shape index (κ2) is 6.39. The minimum atomic E-state index is 0.217. The molecule has 3 unspecified atom stereocenters. The molecule has 0 bridgehead atoms. The predicted octanol–water partition coefficient (Wildman–Crippen LogP) is 1.48. The standard InChI is InChI=1S/C15H24N4O/c20-15(5-4-12-6-7-16-10-12)18-13-2-1-3-14(13)19-9-8-17-11-19/h8-9,11-14,16H,1-7,10H2,(H,18,20). The van der Waals surface area contributed by atoms with Gasteiger partial charge in [-0.25, -0.2) is 4.98 Å². The van der Waals surface area contributed by atoms with E-state index in [0.29, 0.717) is 18.4 Å². The first kappa shape index (κ1) is 13.6. The van der Waals surface area contributed by atoms with Crippen LogP contribution < -0.4 is 10.6 Å². The first-order chi connectivity index (χ1) is 9.83. The smallest absolute Gasteiger partial charge is 0.220 e. The number of carbonyl (C=O) groups excluding carboxylic acids is 1. The van der Waals surface area contributed by atoms with Crippen LogP contribution in [0.25, 0.3) is 0 Å². The molecule has 0 aromatic carbocycles. The highest BCUT2D eigenvalue weighted by Crippen LogP contribution is 2.30. The number of amides is 1. The molecule has 0 spiro atoms. The SMILES string of the molecule is O=C(CCC1CCNC1)NC1CCCC1n1ccnc1. The van der Waals surface area contributed by atoms with Gasteiger partial charge in [0.1, 0.15) is 0 Å². The van der Waals surface area contributed by atoms with Crippen molar-refractivity contribution in [3.05, 3.63) is 18.7 Å².